The molecule has 1 fully saturated rings. The van der Waals surface area contributed by atoms with Crippen molar-refractivity contribution in [1.82, 2.24) is 14.9 Å². The van der Waals surface area contributed by atoms with E-state index in [0.717, 1.165) is 4.31 Å². The first-order valence-corrected chi connectivity index (χ1v) is 10.2. The Kier molecular flexibility index (Phi) is 6.35. The number of nitrogens with zero attached hydrogens (tertiary/aromatic N) is 1. The minimum Gasteiger partial charge on any atom is -0.467 e. The molecule has 150 valence electrons. The quantitative estimate of drug-likeness (QED) is 0.655. The Morgan fingerprint density at radius 1 is 1.14 bits per heavy atom. The summed E-state index contributed by atoms with van der Waals surface area (Å²) in [5, 5.41) is 5.20. The number of ether oxygens (including phenoxy) is 1. The second kappa shape index (κ2) is 8.74. The van der Waals surface area contributed by atoms with E-state index in [2.05, 4.69) is 10.6 Å². The van der Waals surface area contributed by atoms with Crippen molar-refractivity contribution >= 4 is 33.4 Å². The van der Waals surface area contributed by atoms with Gasteiger partial charge in [-0.3, -0.25) is 9.59 Å². The van der Waals surface area contributed by atoms with E-state index in [4.69, 9.17) is 20.8 Å². The summed E-state index contributed by atoms with van der Waals surface area (Å²) in [6.07, 6.45) is 0.539. The van der Waals surface area contributed by atoms with Crippen molar-refractivity contribution in [3.63, 3.8) is 0 Å². The Balaban J connectivity index is 1.56. The summed E-state index contributed by atoms with van der Waals surface area (Å²) in [7, 11) is -3.83. The number of carbonyl (C=O) groups excluding carboxylic acids is 2. The van der Waals surface area contributed by atoms with Crippen molar-refractivity contribution in [2.45, 2.75) is 17.7 Å². The zero-order valence-corrected chi connectivity index (χ0v) is 16.2. The highest BCUT2D eigenvalue weighted by Gasteiger charge is 2.36. The van der Waals surface area contributed by atoms with Gasteiger partial charge in [0.25, 0.3) is 0 Å². The van der Waals surface area contributed by atoms with Gasteiger partial charge in [-0.25, -0.2) is 8.42 Å². The molecule has 1 aliphatic rings. The minimum atomic E-state index is -3.83. The van der Waals surface area contributed by atoms with Crippen LogP contribution in [0, 0.1) is 0 Å². The molecule has 2 aromatic rings. The van der Waals surface area contributed by atoms with Gasteiger partial charge in [0.2, 0.25) is 10.0 Å². The fraction of sp³-hybridized carbons (Fsp3) is 0.294. The molecule has 3 rings (SSSR count). The molecule has 0 spiro atoms. The summed E-state index contributed by atoms with van der Waals surface area (Å²) in [6, 6.07) is 9.07. The van der Waals surface area contributed by atoms with Crippen LogP contribution in [0.2, 0.25) is 5.02 Å². The summed E-state index contributed by atoms with van der Waals surface area (Å²) >= 11 is 5.80. The standard InChI is InChI=1S/C17H18ClN3O6S/c18-12-3-5-14(6-4-12)28(24,25)21-7-9-27-15(21)11-20-17(23)16(22)19-10-13-2-1-8-26-13/h1-6,8,15H,7,9-11H2,(H,19,22)(H,20,23). The Morgan fingerprint density at radius 3 is 2.54 bits per heavy atom. The molecule has 9 nitrogen and oxygen atoms in total. The van der Waals surface area contributed by atoms with Crippen molar-refractivity contribution in [1.29, 1.82) is 0 Å². The zero-order valence-electron chi connectivity index (χ0n) is 14.6. The predicted octanol–water partition coefficient (Wildman–Crippen LogP) is 0.713. The maximum Gasteiger partial charge on any atom is 0.309 e. The lowest BCUT2D eigenvalue weighted by atomic mass is 10.4. The number of amides is 2. The number of benzene rings is 1. The van der Waals surface area contributed by atoms with Crippen LogP contribution in [0.4, 0.5) is 0 Å². The number of hydrogen-bond acceptors (Lipinski definition) is 6. The Bertz CT molecular complexity index is 930. The van der Waals surface area contributed by atoms with Crippen LogP contribution in [-0.2, 0) is 30.9 Å². The molecular weight excluding hydrogens is 410 g/mol. The van der Waals surface area contributed by atoms with Crippen LogP contribution in [0.3, 0.4) is 0 Å². The third kappa shape index (κ3) is 4.71. The Labute approximate surface area is 166 Å². The molecule has 2 heterocycles. The highest BCUT2D eigenvalue weighted by atomic mass is 35.5. The highest BCUT2D eigenvalue weighted by molar-refractivity contribution is 7.89. The SMILES string of the molecule is O=C(NCc1ccco1)C(=O)NCC1OCCN1S(=O)(=O)c1ccc(Cl)cc1. The zero-order chi connectivity index (χ0) is 20.1. The maximum absolute atomic E-state index is 12.8. The first-order chi connectivity index (χ1) is 13.4. The fourth-order valence-electron chi connectivity index (χ4n) is 2.60. The first kappa shape index (κ1) is 20.3. The average Bonchev–Trinajstić information content (AvgIpc) is 3.36. The molecule has 11 heteroatoms. The summed E-state index contributed by atoms with van der Waals surface area (Å²) in [5.41, 5.74) is 0. The van der Waals surface area contributed by atoms with E-state index in [1.54, 1.807) is 12.1 Å². The van der Waals surface area contributed by atoms with Gasteiger partial charge in [0.15, 0.2) is 0 Å². The van der Waals surface area contributed by atoms with Crippen molar-refractivity contribution in [3.05, 3.63) is 53.4 Å². The van der Waals surface area contributed by atoms with Gasteiger partial charge in [-0.05, 0) is 36.4 Å². The summed E-state index contributed by atoms with van der Waals surface area (Å²) in [5.74, 6) is -1.26. The van der Waals surface area contributed by atoms with Crippen molar-refractivity contribution < 1.29 is 27.2 Å². The van der Waals surface area contributed by atoms with E-state index in [1.165, 1.54) is 30.5 Å². The predicted molar refractivity (Wildman–Crippen MR) is 98.6 cm³/mol. The number of furan rings is 1. The van der Waals surface area contributed by atoms with Crippen molar-refractivity contribution in [2.24, 2.45) is 0 Å². The molecule has 2 N–H and O–H groups in total. The van der Waals surface area contributed by atoms with Gasteiger partial charge in [0.1, 0.15) is 12.0 Å². The third-order valence-electron chi connectivity index (χ3n) is 4.01. The fourth-order valence-corrected chi connectivity index (χ4v) is 4.24. The van der Waals surface area contributed by atoms with Crippen LogP contribution in [0.25, 0.3) is 0 Å². The molecule has 1 unspecified atom stereocenters. The second-order valence-electron chi connectivity index (χ2n) is 5.87. The average molecular weight is 428 g/mol. The molecule has 1 aromatic carbocycles. The van der Waals surface area contributed by atoms with Gasteiger partial charge in [0.05, 0.1) is 30.9 Å². The number of sulfonamides is 1. The van der Waals surface area contributed by atoms with E-state index < -0.39 is 28.1 Å². The van der Waals surface area contributed by atoms with Crippen LogP contribution in [0.1, 0.15) is 5.76 Å². The number of halogens is 1. The normalized spacial score (nSPS) is 17.4. The number of hydrogen-bond donors (Lipinski definition) is 2. The Hall–Kier alpha value is -2.40. The van der Waals surface area contributed by atoms with E-state index in [-0.39, 0.29) is 31.1 Å². The maximum atomic E-state index is 12.8. The van der Waals surface area contributed by atoms with Gasteiger partial charge in [-0.2, -0.15) is 4.31 Å². The monoisotopic (exact) mass is 427 g/mol. The first-order valence-electron chi connectivity index (χ1n) is 8.35. The summed E-state index contributed by atoms with van der Waals surface area (Å²) < 4.78 is 37.1. The molecule has 2 amide bonds. The topological polar surface area (TPSA) is 118 Å². The van der Waals surface area contributed by atoms with Gasteiger partial charge < -0.3 is 19.8 Å². The smallest absolute Gasteiger partial charge is 0.309 e. The molecule has 0 radical (unpaired) electrons. The van der Waals surface area contributed by atoms with Crippen molar-refractivity contribution in [2.75, 3.05) is 19.7 Å². The van der Waals surface area contributed by atoms with Gasteiger partial charge >= 0.3 is 11.8 Å². The lowest BCUT2D eigenvalue weighted by Gasteiger charge is -2.22. The van der Waals surface area contributed by atoms with E-state index in [9.17, 15) is 18.0 Å². The van der Waals surface area contributed by atoms with Crippen LogP contribution in [0.5, 0.6) is 0 Å². The van der Waals surface area contributed by atoms with Crippen LogP contribution in [-0.4, -0.2) is 50.5 Å². The summed E-state index contributed by atoms with van der Waals surface area (Å²) in [4.78, 5) is 23.8. The van der Waals surface area contributed by atoms with Gasteiger partial charge in [0, 0.05) is 11.6 Å². The van der Waals surface area contributed by atoms with E-state index >= 15 is 0 Å². The van der Waals surface area contributed by atoms with E-state index in [1.807, 2.05) is 0 Å². The highest BCUT2D eigenvalue weighted by Crippen LogP contribution is 2.23. The lowest BCUT2D eigenvalue weighted by molar-refractivity contribution is -0.139. The molecule has 0 bridgehead atoms. The van der Waals surface area contributed by atoms with Gasteiger partial charge in [-0.15, -0.1) is 0 Å². The molecular formula is C17H18ClN3O6S. The van der Waals surface area contributed by atoms with Crippen LogP contribution >= 0.6 is 11.6 Å². The minimum absolute atomic E-state index is 0.0647. The summed E-state index contributed by atoms with van der Waals surface area (Å²) in [6.45, 7) is 0.213. The largest absolute Gasteiger partial charge is 0.467 e. The third-order valence-corrected chi connectivity index (χ3v) is 6.17. The number of carbonyl (C=O) groups is 2. The van der Waals surface area contributed by atoms with Crippen molar-refractivity contribution in [3.8, 4) is 0 Å². The lowest BCUT2D eigenvalue weighted by Crippen LogP contribution is -2.47. The van der Waals surface area contributed by atoms with Crippen LogP contribution < -0.4 is 10.6 Å². The molecule has 1 aromatic heterocycles. The molecule has 0 aliphatic carbocycles. The van der Waals surface area contributed by atoms with E-state index in [0.29, 0.717) is 10.8 Å². The molecule has 28 heavy (non-hydrogen) atoms. The number of rotatable bonds is 6. The van der Waals surface area contributed by atoms with Gasteiger partial charge in [-0.1, -0.05) is 11.6 Å². The van der Waals surface area contributed by atoms with Crippen LogP contribution in [0.15, 0.2) is 52.0 Å². The Morgan fingerprint density at radius 2 is 1.86 bits per heavy atom. The molecule has 1 saturated heterocycles. The molecule has 0 saturated carbocycles. The molecule has 1 atom stereocenters. The molecule has 1 aliphatic heterocycles. The second-order valence-corrected chi connectivity index (χ2v) is 8.19. The number of nitrogens with one attached hydrogen (secondary N) is 2.